The molecule has 0 aromatic heterocycles. The van der Waals surface area contributed by atoms with E-state index in [0.29, 0.717) is 10.2 Å². The number of alkyl halides is 1. The summed E-state index contributed by atoms with van der Waals surface area (Å²) in [7, 11) is -3.30. The van der Waals surface area contributed by atoms with E-state index in [1.807, 2.05) is 37.3 Å². The maximum Gasteiger partial charge on any atom is 0.182 e. The lowest BCUT2D eigenvalue weighted by Gasteiger charge is -2.07. The van der Waals surface area contributed by atoms with Gasteiger partial charge in [-0.15, -0.1) is 0 Å². The summed E-state index contributed by atoms with van der Waals surface area (Å²) < 4.78 is 25.7. The SMILES string of the molecule is Cc1ccc(S(=O)(=O)Cc2ccc(Br)c(CBr)c2)cc1. The van der Waals surface area contributed by atoms with Gasteiger partial charge in [0.2, 0.25) is 0 Å². The zero-order chi connectivity index (χ0) is 14.8. The molecule has 2 aromatic rings. The molecular weight excluding hydrogens is 404 g/mol. The molecule has 0 heterocycles. The Morgan fingerprint density at radius 1 is 1.05 bits per heavy atom. The first-order valence-electron chi connectivity index (χ1n) is 6.05. The summed E-state index contributed by atoms with van der Waals surface area (Å²) in [4.78, 5) is 0.367. The van der Waals surface area contributed by atoms with E-state index in [4.69, 9.17) is 0 Å². The quantitative estimate of drug-likeness (QED) is 0.679. The van der Waals surface area contributed by atoms with E-state index in [1.54, 1.807) is 12.1 Å². The molecule has 0 aliphatic rings. The monoisotopic (exact) mass is 416 g/mol. The first-order valence-corrected chi connectivity index (χ1v) is 9.62. The second-order valence-corrected chi connectivity index (χ2v) is 8.04. The summed E-state index contributed by atoms with van der Waals surface area (Å²) in [5.41, 5.74) is 2.89. The van der Waals surface area contributed by atoms with Crippen molar-refractivity contribution in [3.05, 3.63) is 63.6 Å². The highest BCUT2D eigenvalue weighted by Crippen LogP contribution is 2.23. The van der Waals surface area contributed by atoms with Gasteiger partial charge in [-0.1, -0.05) is 61.7 Å². The van der Waals surface area contributed by atoms with Gasteiger partial charge < -0.3 is 0 Å². The average Bonchev–Trinajstić information content (AvgIpc) is 2.41. The van der Waals surface area contributed by atoms with Crippen molar-refractivity contribution in [1.82, 2.24) is 0 Å². The van der Waals surface area contributed by atoms with Crippen molar-refractivity contribution >= 4 is 41.7 Å². The maximum absolute atomic E-state index is 12.4. The van der Waals surface area contributed by atoms with Crippen LogP contribution in [0.5, 0.6) is 0 Å². The molecule has 0 N–H and O–H groups in total. The predicted octanol–water partition coefficient (Wildman–Crippen LogP) is 4.63. The molecule has 106 valence electrons. The van der Waals surface area contributed by atoms with Crippen molar-refractivity contribution in [2.75, 3.05) is 0 Å². The summed E-state index contributed by atoms with van der Waals surface area (Å²) >= 11 is 6.84. The fraction of sp³-hybridized carbons (Fsp3) is 0.200. The Hall–Kier alpha value is -0.650. The number of sulfone groups is 1. The minimum absolute atomic E-state index is 0.0172. The van der Waals surface area contributed by atoms with E-state index in [9.17, 15) is 8.42 Å². The smallest absolute Gasteiger partial charge is 0.182 e. The molecule has 0 unspecified atom stereocenters. The molecule has 0 fully saturated rings. The van der Waals surface area contributed by atoms with Crippen LogP contribution in [0.4, 0.5) is 0 Å². The topological polar surface area (TPSA) is 34.1 Å². The zero-order valence-electron chi connectivity index (χ0n) is 10.9. The van der Waals surface area contributed by atoms with Gasteiger partial charge >= 0.3 is 0 Å². The second kappa shape index (κ2) is 6.41. The minimum atomic E-state index is -3.30. The molecule has 0 radical (unpaired) electrons. The van der Waals surface area contributed by atoms with Crippen molar-refractivity contribution in [3.8, 4) is 0 Å². The van der Waals surface area contributed by atoms with Crippen LogP contribution >= 0.6 is 31.9 Å². The summed E-state index contributed by atoms with van der Waals surface area (Å²) in [6.45, 7) is 1.94. The summed E-state index contributed by atoms with van der Waals surface area (Å²) in [6.07, 6.45) is 0. The van der Waals surface area contributed by atoms with E-state index in [2.05, 4.69) is 31.9 Å². The second-order valence-electron chi connectivity index (χ2n) is 4.63. The molecule has 0 aliphatic heterocycles. The van der Waals surface area contributed by atoms with Gasteiger partial charge in [0.05, 0.1) is 10.6 Å². The van der Waals surface area contributed by atoms with Gasteiger partial charge in [0, 0.05) is 9.80 Å². The van der Waals surface area contributed by atoms with E-state index < -0.39 is 9.84 Å². The number of hydrogen-bond donors (Lipinski definition) is 0. The maximum atomic E-state index is 12.4. The molecule has 0 saturated carbocycles. The van der Waals surface area contributed by atoms with Crippen molar-refractivity contribution in [2.45, 2.75) is 22.9 Å². The van der Waals surface area contributed by atoms with Crippen LogP contribution in [0.3, 0.4) is 0 Å². The van der Waals surface area contributed by atoms with Gasteiger partial charge in [-0.2, -0.15) is 0 Å². The Labute approximate surface area is 136 Å². The van der Waals surface area contributed by atoms with E-state index >= 15 is 0 Å². The Bertz CT molecular complexity index is 707. The number of rotatable bonds is 4. The molecule has 0 saturated heterocycles. The number of benzene rings is 2. The van der Waals surface area contributed by atoms with Crippen molar-refractivity contribution in [3.63, 3.8) is 0 Å². The third-order valence-electron chi connectivity index (χ3n) is 2.99. The molecule has 0 bridgehead atoms. The molecule has 2 aromatic carbocycles. The van der Waals surface area contributed by atoms with Crippen molar-refractivity contribution in [2.24, 2.45) is 0 Å². The fourth-order valence-corrected chi connectivity index (χ4v) is 4.43. The van der Waals surface area contributed by atoms with Crippen LogP contribution in [0.1, 0.15) is 16.7 Å². The van der Waals surface area contributed by atoms with Crippen molar-refractivity contribution < 1.29 is 8.42 Å². The Balaban J connectivity index is 2.30. The third-order valence-corrected chi connectivity index (χ3v) is 6.07. The first-order chi connectivity index (χ1) is 9.42. The highest BCUT2D eigenvalue weighted by atomic mass is 79.9. The Morgan fingerprint density at radius 2 is 1.70 bits per heavy atom. The highest BCUT2D eigenvalue weighted by molar-refractivity contribution is 9.10. The van der Waals surface area contributed by atoms with Crippen LogP contribution in [0.2, 0.25) is 0 Å². The Kier molecular flexibility index (Phi) is 5.04. The third kappa shape index (κ3) is 3.71. The van der Waals surface area contributed by atoms with Crippen LogP contribution in [0.25, 0.3) is 0 Å². The summed E-state index contributed by atoms with van der Waals surface area (Å²) in [6, 6.07) is 12.6. The standard InChI is InChI=1S/C15H14Br2O2S/c1-11-2-5-14(6-3-11)20(18,19)10-12-4-7-15(17)13(8-12)9-16/h2-8H,9-10H2,1H3. The van der Waals surface area contributed by atoms with Crippen LogP contribution in [-0.4, -0.2) is 8.42 Å². The van der Waals surface area contributed by atoms with Crippen LogP contribution in [0, 0.1) is 6.92 Å². The van der Waals surface area contributed by atoms with Crippen LogP contribution in [-0.2, 0) is 20.9 Å². The molecule has 2 nitrogen and oxygen atoms in total. The van der Waals surface area contributed by atoms with Gasteiger partial charge in [-0.3, -0.25) is 0 Å². The lowest BCUT2D eigenvalue weighted by molar-refractivity contribution is 0.595. The molecule has 20 heavy (non-hydrogen) atoms. The number of aryl methyl sites for hydroxylation is 1. The van der Waals surface area contributed by atoms with Crippen LogP contribution < -0.4 is 0 Å². The summed E-state index contributed by atoms with van der Waals surface area (Å²) in [5.74, 6) is 0.0172. The lowest BCUT2D eigenvalue weighted by Crippen LogP contribution is -2.05. The van der Waals surface area contributed by atoms with Crippen LogP contribution in [0.15, 0.2) is 51.8 Å². The van der Waals surface area contributed by atoms with E-state index in [0.717, 1.165) is 21.2 Å². The first kappa shape index (κ1) is 15.7. The highest BCUT2D eigenvalue weighted by Gasteiger charge is 2.15. The van der Waals surface area contributed by atoms with Gasteiger partial charge in [0.25, 0.3) is 0 Å². The lowest BCUT2D eigenvalue weighted by atomic mass is 10.2. The van der Waals surface area contributed by atoms with Gasteiger partial charge in [0.1, 0.15) is 0 Å². The van der Waals surface area contributed by atoms with Crippen molar-refractivity contribution in [1.29, 1.82) is 0 Å². The van der Waals surface area contributed by atoms with Gasteiger partial charge in [0.15, 0.2) is 9.84 Å². The number of hydrogen-bond acceptors (Lipinski definition) is 2. The largest absolute Gasteiger partial charge is 0.223 e. The molecule has 0 atom stereocenters. The fourth-order valence-electron chi connectivity index (χ4n) is 1.87. The van der Waals surface area contributed by atoms with Gasteiger partial charge in [-0.05, 0) is 36.2 Å². The van der Waals surface area contributed by atoms with Gasteiger partial charge in [-0.25, -0.2) is 8.42 Å². The van der Waals surface area contributed by atoms with E-state index in [1.165, 1.54) is 0 Å². The predicted molar refractivity (Wildman–Crippen MR) is 88.8 cm³/mol. The zero-order valence-corrected chi connectivity index (χ0v) is 14.9. The molecule has 0 amide bonds. The molecule has 5 heteroatoms. The number of halogens is 2. The minimum Gasteiger partial charge on any atom is -0.223 e. The summed E-state index contributed by atoms with van der Waals surface area (Å²) in [5, 5.41) is 0.687. The molecular formula is C15H14Br2O2S. The Morgan fingerprint density at radius 3 is 2.30 bits per heavy atom. The molecule has 0 aliphatic carbocycles. The normalized spacial score (nSPS) is 11.6. The molecule has 0 spiro atoms. The average molecular weight is 418 g/mol. The van der Waals surface area contributed by atoms with E-state index in [-0.39, 0.29) is 5.75 Å². The molecule has 2 rings (SSSR count).